The summed E-state index contributed by atoms with van der Waals surface area (Å²) < 4.78 is 1.43. The summed E-state index contributed by atoms with van der Waals surface area (Å²) in [6, 6.07) is 6.81. The molecule has 2 aromatic rings. The van der Waals surface area contributed by atoms with Crippen LogP contribution in [0.3, 0.4) is 0 Å². The first-order valence-corrected chi connectivity index (χ1v) is 4.64. The summed E-state index contributed by atoms with van der Waals surface area (Å²) >= 11 is 0. The van der Waals surface area contributed by atoms with Gasteiger partial charge in [0.15, 0.2) is 0 Å². The summed E-state index contributed by atoms with van der Waals surface area (Å²) in [5.41, 5.74) is 2.17. The van der Waals surface area contributed by atoms with E-state index in [0.717, 1.165) is 11.3 Å². The van der Waals surface area contributed by atoms with Crippen LogP contribution in [0, 0.1) is 6.92 Å². The number of aryl methyl sites for hydroxylation is 1. The Kier molecular flexibility index (Phi) is 2.11. The third-order valence-corrected chi connectivity index (χ3v) is 2.41. The molecule has 78 valence electrons. The fourth-order valence-corrected chi connectivity index (χ4v) is 1.60. The van der Waals surface area contributed by atoms with Gasteiger partial charge in [0, 0.05) is 18.2 Å². The van der Waals surface area contributed by atoms with Gasteiger partial charge in [0.2, 0.25) is 0 Å². The summed E-state index contributed by atoms with van der Waals surface area (Å²) in [5, 5.41) is 12.3. The van der Waals surface area contributed by atoms with E-state index in [1.807, 2.05) is 6.07 Å². The zero-order valence-electron chi connectivity index (χ0n) is 8.61. The minimum Gasteiger partial charge on any atom is -0.508 e. The van der Waals surface area contributed by atoms with E-state index >= 15 is 0 Å². The number of nitrogens with zero attached hydrogens (tertiary/aromatic N) is 1. The molecule has 0 aliphatic carbocycles. The van der Waals surface area contributed by atoms with Crippen molar-refractivity contribution in [2.75, 3.05) is 0 Å². The van der Waals surface area contributed by atoms with E-state index in [0.29, 0.717) is 5.56 Å². The van der Waals surface area contributed by atoms with E-state index in [2.05, 4.69) is 5.10 Å². The van der Waals surface area contributed by atoms with Crippen molar-refractivity contribution in [2.24, 2.45) is 7.05 Å². The Morgan fingerprint density at radius 3 is 2.67 bits per heavy atom. The summed E-state index contributed by atoms with van der Waals surface area (Å²) in [7, 11) is 1.67. The molecule has 0 amide bonds. The first-order chi connectivity index (χ1) is 7.09. The van der Waals surface area contributed by atoms with Crippen molar-refractivity contribution in [3.05, 3.63) is 40.2 Å². The average molecular weight is 204 g/mol. The van der Waals surface area contributed by atoms with Gasteiger partial charge in [0.1, 0.15) is 5.75 Å². The minimum atomic E-state index is -0.0478. The van der Waals surface area contributed by atoms with Crippen LogP contribution >= 0.6 is 0 Å². The van der Waals surface area contributed by atoms with Crippen molar-refractivity contribution in [1.29, 1.82) is 0 Å². The van der Waals surface area contributed by atoms with Gasteiger partial charge in [-0.15, -0.1) is 0 Å². The third-order valence-electron chi connectivity index (χ3n) is 2.41. The lowest BCUT2D eigenvalue weighted by atomic mass is 10.1. The van der Waals surface area contributed by atoms with Crippen molar-refractivity contribution in [1.82, 2.24) is 9.78 Å². The van der Waals surface area contributed by atoms with Crippen LogP contribution in [-0.2, 0) is 7.05 Å². The molecular formula is C11H12N2O2. The second-order valence-corrected chi connectivity index (χ2v) is 3.53. The smallest absolute Gasteiger partial charge is 0.269 e. The van der Waals surface area contributed by atoms with E-state index in [1.165, 1.54) is 4.68 Å². The monoisotopic (exact) mass is 204 g/mol. The Bertz CT molecular complexity index is 552. The summed E-state index contributed by atoms with van der Waals surface area (Å²) in [5.74, 6) is 0.191. The molecule has 0 saturated heterocycles. The van der Waals surface area contributed by atoms with Gasteiger partial charge in [-0.1, -0.05) is 12.1 Å². The second kappa shape index (κ2) is 3.31. The molecule has 4 nitrogen and oxygen atoms in total. The Morgan fingerprint density at radius 1 is 1.40 bits per heavy atom. The number of nitrogens with one attached hydrogen (secondary N) is 1. The number of benzene rings is 1. The molecule has 2 rings (SSSR count). The van der Waals surface area contributed by atoms with E-state index in [4.69, 9.17) is 0 Å². The van der Waals surface area contributed by atoms with Crippen LogP contribution in [0.4, 0.5) is 0 Å². The minimum absolute atomic E-state index is 0.0478. The first-order valence-electron chi connectivity index (χ1n) is 4.64. The van der Waals surface area contributed by atoms with Crippen LogP contribution in [0.15, 0.2) is 29.1 Å². The molecule has 1 aromatic heterocycles. The van der Waals surface area contributed by atoms with Gasteiger partial charge in [-0.2, -0.15) is 0 Å². The maximum Gasteiger partial charge on any atom is 0.269 e. The van der Waals surface area contributed by atoms with E-state index in [-0.39, 0.29) is 11.3 Å². The zero-order chi connectivity index (χ0) is 11.0. The number of rotatable bonds is 1. The van der Waals surface area contributed by atoms with E-state index < -0.39 is 0 Å². The molecule has 2 N–H and O–H groups in total. The number of phenols is 1. The van der Waals surface area contributed by atoms with E-state index in [9.17, 15) is 9.90 Å². The number of aromatic nitrogens is 2. The quantitative estimate of drug-likeness (QED) is 0.737. The highest BCUT2D eigenvalue weighted by molar-refractivity contribution is 5.63. The topological polar surface area (TPSA) is 58.0 Å². The van der Waals surface area contributed by atoms with Crippen LogP contribution in [0.5, 0.6) is 5.75 Å². The fourth-order valence-electron chi connectivity index (χ4n) is 1.60. The van der Waals surface area contributed by atoms with Crippen LogP contribution in [0.25, 0.3) is 11.3 Å². The molecule has 0 unspecified atom stereocenters. The van der Waals surface area contributed by atoms with E-state index in [1.54, 1.807) is 32.2 Å². The molecule has 4 heteroatoms. The molecule has 0 atom stereocenters. The number of aromatic hydroxyl groups is 1. The molecule has 1 aromatic carbocycles. The van der Waals surface area contributed by atoms with Crippen LogP contribution < -0.4 is 5.56 Å². The highest BCUT2D eigenvalue weighted by Gasteiger charge is 2.09. The molecule has 1 heterocycles. The molecule has 0 spiro atoms. The zero-order valence-corrected chi connectivity index (χ0v) is 8.61. The number of phenolic OH excluding ortho intramolecular Hbond substituents is 1. The van der Waals surface area contributed by atoms with Crippen LogP contribution in [0.2, 0.25) is 0 Å². The largest absolute Gasteiger partial charge is 0.508 e. The number of hydrogen-bond donors (Lipinski definition) is 2. The van der Waals surface area contributed by atoms with Gasteiger partial charge < -0.3 is 5.11 Å². The Balaban J connectivity index is 2.64. The Morgan fingerprint density at radius 2 is 2.13 bits per heavy atom. The van der Waals surface area contributed by atoms with Crippen molar-refractivity contribution in [3.63, 3.8) is 0 Å². The lowest BCUT2D eigenvalue weighted by Crippen LogP contribution is -2.12. The molecule has 0 aliphatic rings. The maximum absolute atomic E-state index is 11.5. The Labute approximate surface area is 86.8 Å². The van der Waals surface area contributed by atoms with Gasteiger partial charge in [-0.05, 0) is 19.1 Å². The molecule has 0 saturated carbocycles. The SMILES string of the molecule is Cc1c(-c2cccc(O)c2)[nH]n(C)c1=O. The number of hydrogen-bond acceptors (Lipinski definition) is 2. The van der Waals surface area contributed by atoms with Gasteiger partial charge in [-0.3, -0.25) is 14.6 Å². The van der Waals surface area contributed by atoms with Crippen molar-refractivity contribution in [3.8, 4) is 17.0 Å². The van der Waals surface area contributed by atoms with Crippen molar-refractivity contribution >= 4 is 0 Å². The average Bonchev–Trinajstić information content (AvgIpc) is 2.46. The highest BCUT2D eigenvalue weighted by Crippen LogP contribution is 2.22. The maximum atomic E-state index is 11.5. The molecule has 15 heavy (non-hydrogen) atoms. The highest BCUT2D eigenvalue weighted by atomic mass is 16.3. The second-order valence-electron chi connectivity index (χ2n) is 3.53. The summed E-state index contributed by atoms with van der Waals surface area (Å²) in [6.45, 7) is 1.76. The molecule has 0 aliphatic heterocycles. The number of aromatic amines is 1. The Hall–Kier alpha value is -1.97. The predicted octanol–water partition coefficient (Wildman–Crippen LogP) is 1.39. The lowest BCUT2D eigenvalue weighted by Gasteiger charge is -1.99. The normalized spacial score (nSPS) is 10.5. The lowest BCUT2D eigenvalue weighted by molar-refractivity contribution is 0.475. The first kappa shape index (κ1) is 9.58. The molecular weight excluding hydrogens is 192 g/mol. The van der Waals surface area contributed by atoms with Gasteiger partial charge in [-0.25, -0.2) is 0 Å². The summed E-state index contributed by atoms with van der Waals surface area (Å²) in [6.07, 6.45) is 0. The fraction of sp³-hybridized carbons (Fsp3) is 0.182. The van der Waals surface area contributed by atoms with Gasteiger partial charge in [0.05, 0.1) is 5.69 Å². The molecule has 0 bridgehead atoms. The standard InChI is InChI=1S/C11H12N2O2/c1-7-10(12-13(2)11(7)15)8-4-3-5-9(14)6-8/h3-6,12,14H,1-2H3. The van der Waals surface area contributed by atoms with Crippen molar-refractivity contribution < 1.29 is 5.11 Å². The van der Waals surface area contributed by atoms with Gasteiger partial charge in [0.25, 0.3) is 5.56 Å². The molecule has 0 radical (unpaired) electrons. The summed E-state index contributed by atoms with van der Waals surface area (Å²) in [4.78, 5) is 11.5. The molecule has 0 fully saturated rings. The number of H-pyrrole nitrogens is 1. The van der Waals surface area contributed by atoms with Crippen molar-refractivity contribution in [2.45, 2.75) is 6.92 Å². The third kappa shape index (κ3) is 1.54. The van der Waals surface area contributed by atoms with Crippen LogP contribution in [0.1, 0.15) is 5.56 Å². The predicted molar refractivity (Wildman–Crippen MR) is 57.9 cm³/mol. The van der Waals surface area contributed by atoms with Crippen LogP contribution in [-0.4, -0.2) is 14.9 Å². The van der Waals surface area contributed by atoms with Gasteiger partial charge >= 0.3 is 0 Å².